The lowest BCUT2D eigenvalue weighted by atomic mass is 10.0. The Morgan fingerprint density at radius 2 is 2.16 bits per heavy atom. The average Bonchev–Trinajstić information content (AvgIpc) is 2.35. The van der Waals surface area contributed by atoms with Crippen molar-refractivity contribution in [3.63, 3.8) is 0 Å². The van der Waals surface area contributed by atoms with Crippen LogP contribution in [0.4, 0.5) is 0 Å². The molecule has 1 aliphatic heterocycles. The topological polar surface area (TPSA) is 81.2 Å². The zero-order valence-corrected chi connectivity index (χ0v) is 11.4. The molecule has 0 amide bonds. The van der Waals surface area contributed by atoms with Crippen molar-refractivity contribution in [2.24, 2.45) is 5.73 Å². The maximum atomic E-state index is 7.37. The summed E-state index contributed by atoms with van der Waals surface area (Å²) in [5.41, 5.74) is 6.91. The summed E-state index contributed by atoms with van der Waals surface area (Å²) in [6, 6.07) is 3.69. The summed E-state index contributed by atoms with van der Waals surface area (Å²) < 4.78 is 11.6. The molecule has 1 aromatic rings. The highest BCUT2D eigenvalue weighted by Gasteiger charge is 2.24. The van der Waals surface area contributed by atoms with Crippen LogP contribution >= 0.6 is 0 Å². The van der Waals surface area contributed by atoms with Gasteiger partial charge in [-0.1, -0.05) is 0 Å². The van der Waals surface area contributed by atoms with E-state index in [0.29, 0.717) is 12.3 Å². The van der Waals surface area contributed by atoms with Crippen molar-refractivity contribution in [3.05, 3.63) is 29.6 Å². The number of nitrogens with two attached hydrogens (primary N) is 1. The van der Waals surface area contributed by atoms with E-state index in [0.717, 1.165) is 18.4 Å². The summed E-state index contributed by atoms with van der Waals surface area (Å²) in [5, 5.41) is 7.37. The smallest absolute Gasteiger partial charge is 0.141 e. The van der Waals surface area contributed by atoms with Gasteiger partial charge >= 0.3 is 0 Å². The van der Waals surface area contributed by atoms with Gasteiger partial charge in [-0.25, -0.2) is 0 Å². The van der Waals surface area contributed by atoms with E-state index >= 15 is 0 Å². The van der Waals surface area contributed by atoms with Crippen LogP contribution in [0.3, 0.4) is 0 Å². The molecule has 5 heteroatoms. The zero-order valence-electron chi connectivity index (χ0n) is 11.4. The maximum absolute atomic E-state index is 7.37. The molecule has 1 aliphatic rings. The maximum Gasteiger partial charge on any atom is 0.141 e. The van der Waals surface area contributed by atoms with Crippen molar-refractivity contribution < 1.29 is 9.47 Å². The van der Waals surface area contributed by atoms with Crippen LogP contribution in [-0.2, 0) is 16.1 Å². The number of hydrogen-bond donors (Lipinski definition) is 2. The standard InChI is InChI=1S/C14H21N3O2/c1-9-5-12(6-10(2)19-9)18-8-11-3-4-17-13(7-11)14(15)16/h3-4,7,9-10,12H,5-6,8H2,1-2H3,(H3,15,16). The van der Waals surface area contributed by atoms with E-state index in [-0.39, 0.29) is 24.1 Å². The van der Waals surface area contributed by atoms with Crippen LogP contribution < -0.4 is 5.73 Å². The van der Waals surface area contributed by atoms with Gasteiger partial charge in [-0.15, -0.1) is 0 Å². The van der Waals surface area contributed by atoms with E-state index in [9.17, 15) is 0 Å². The summed E-state index contributed by atoms with van der Waals surface area (Å²) in [6.07, 6.45) is 4.24. The van der Waals surface area contributed by atoms with Gasteiger partial charge in [0.1, 0.15) is 11.5 Å². The molecule has 0 aliphatic carbocycles. The van der Waals surface area contributed by atoms with Gasteiger partial charge in [0.25, 0.3) is 0 Å². The molecule has 0 radical (unpaired) electrons. The Morgan fingerprint density at radius 3 is 2.79 bits per heavy atom. The Morgan fingerprint density at radius 1 is 1.47 bits per heavy atom. The second kappa shape index (κ2) is 6.12. The molecule has 1 fully saturated rings. The fraction of sp³-hybridized carbons (Fsp3) is 0.571. The Labute approximate surface area is 113 Å². The number of rotatable bonds is 4. The quantitative estimate of drug-likeness (QED) is 0.641. The summed E-state index contributed by atoms with van der Waals surface area (Å²) in [5.74, 6) is -0.0184. The molecule has 1 saturated heterocycles. The largest absolute Gasteiger partial charge is 0.382 e. The van der Waals surface area contributed by atoms with Crippen molar-refractivity contribution >= 4 is 5.84 Å². The molecule has 3 N–H and O–H groups in total. The second-order valence-corrected chi connectivity index (χ2v) is 5.12. The summed E-state index contributed by atoms with van der Waals surface area (Å²) in [7, 11) is 0. The van der Waals surface area contributed by atoms with Crippen LogP contribution in [-0.4, -0.2) is 29.1 Å². The monoisotopic (exact) mass is 263 g/mol. The Kier molecular flexibility index (Phi) is 4.50. The Hall–Kier alpha value is -1.46. The van der Waals surface area contributed by atoms with Gasteiger partial charge in [0.05, 0.1) is 24.9 Å². The molecule has 104 valence electrons. The highest BCUT2D eigenvalue weighted by Crippen LogP contribution is 2.22. The lowest BCUT2D eigenvalue weighted by molar-refractivity contribution is -0.106. The van der Waals surface area contributed by atoms with Crippen molar-refractivity contribution in [2.75, 3.05) is 0 Å². The number of nitrogens with one attached hydrogen (secondary N) is 1. The molecule has 2 rings (SSSR count). The lowest BCUT2D eigenvalue weighted by Gasteiger charge is -2.32. The first-order valence-corrected chi connectivity index (χ1v) is 6.61. The third-order valence-corrected chi connectivity index (χ3v) is 3.24. The molecule has 1 aromatic heterocycles. The average molecular weight is 263 g/mol. The first kappa shape index (κ1) is 14.0. The number of amidine groups is 1. The Bertz CT molecular complexity index is 440. The molecule has 0 spiro atoms. The minimum atomic E-state index is -0.0184. The van der Waals surface area contributed by atoms with Crippen molar-refractivity contribution in [1.82, 2.24) is 4.98 Å². The normalized spacial score (nSPS) is 27.2. The lowest BCUT2D eigenvalue weighted by Crippen LogP contribution is -2.34. The Balaban J connectivity index is 1.91. The van der Waals surface area contributed by atoms with E-state index in [4.69, 9.17) is 20.6 Å². The molecule has 19 heavy (non-hydrogen) atoms. The minimum Gasteiger partial charge on any atom is -0.382 e. The fourth-order valence-electron chi connectivity index (χ4n) is 2.41. The second-order valence-electron chi connectivity index (χ2n) is 5.12. The number of nitrogens with zero attached hydrogens (tertiary/aromatic N) is 1. The van der Waals surface area contributed by atoms with Gasteiger partial charge in [0, 0.05) is 6.20 Å². The number of aromatic nitrogens is 1. The SMILES string of the molecule is CC1CC(OCc2ccnc(C(=N)N)c2)CC(C)O1. The predicted octanol–water partition coefficient (Wildman–Crippen LogP) is 1.84. The molecule has 2 unspecified atom stereocenters. The predicted molar refractivity (Wildman–Crippen MR) is 73.1 cm³/mol. The first-order valence-electron chi connectivity index (χ1n) is 6.61. The molecular weight excluding hydrogens is 242 g/mol. The third kappa shape index (κ3) is 4.01. The van der Waals surface area contributed by atoms with Crippen molar-refractivity contribution in [3.8, 4) is 0 Å². The van der Waals surface area contributed by atoms with Crippen LogP contribution in [0.2, 0.25) is 0 Å². The number of nitrogen functional groups attached to an aromatic ring is 1. The first-order chi connectivity index (χ1) is 9.04. The van der Waals surface area contributed by atoms with Gasteiger partial charge in [-0.2, -0.15) is 0 Å². The van der Waals surface area contributed by atoms with Crippen molar-refractivity contribution in [1.29, 1.82) is 5.41 Å². The molecule has 0 bridgehead atoms. The molecule has 2 atom stereocenters. The van der Waals surface area contributed by atoms with E-state index in [1.807, 2.05) is 6.07 Å². The number of pyridine rings is 1. The molecule has 0 saturated carbocycles. The van der Waals surface area contributed by atoms with Crippen molar-refractivity contribution in [2.45, 2.75) is 51.6 Å². The van der Waals surface area contributed by atoms with Crippen LogP contribution in [0, 0.1) is 5.41 Å². The molecule has 2 heterocycles. The van der Waals surface area contributed by atoms with E-state index in [1.54, 1.807) is 12.3 Å². The van der Waals surface area contributed by atoms with E-state index in [1.165, 1.54) is 0 Å². The third-order valence-electron chi connectivity index (χ3n) is 3.24. The summed E-state index contributed by atoms with van der Waals surface area (Å²) in [6.45, 7) is 4.67. The summed E-state index contributed by atoms with van der Waals surface area (Å²) in [4.78, 5) is 4.03. The van der Waals surface area contributed by atoms with Crippen LogP contribution in [0.25, 0.3) is 0 Å². The molecular formula is C14H21N3O2. The van der Waals surface area contributed by atoms with E-state index in [2.05, 4.69) is 18.8 Å². The minimum absolute atomic E-state index is 0.0184. The van der Waals surface area contributed by atoms with Gasteiger partial charge in [0.2, 0.25) is 0 Å². The summed E-state index contributed by atoms with van der Waals surface area (Å²) >= 11 is 0. The van der Waals surface area contributed by atoms with Gasteiger partial charge < -0.3 is 15.2 Å². The van der Waals surface area contributed by atoms with E-state index < -0.39 is 0 Å². The number of ether oxygens (including phenoxy) is 2. The highest BCUT2D eigenvalue weighted by molar-refractivity contribution is 5.93. The zero-order chi connectivity index (χ0) is 13.8. The van der Waals surface area contributed by atoms with Gasteiger partial charge in [0.15, 0.2) is 0 Å². The van der Waals surface area contributed by atoms with Gasteiger partial charge in [-0.05, 0) is 44.4 Å². The molecule has 0 aromatic carbocycles. The fourth-order valence-corrected chi connectivity index (χ4v) is 2.41. The number of hydrogen-bond acceptors (Lipinski definition) is 4. The van der Waals surface area contributed by atoms with Crippen LogP contribution in [0.5, 0.6) is 0 Å². The van der Waals surface area contributed by atoms with Crippen LogP contribution in [0.1, 0.15) is 37.9 Å². The highest BCUT2D eigenvalue weighted by atomic mass is 16.5. The van der Waals surface area contributed by atoms with Gasteiger partial charge in [-0.3, -0.25) is 10.4 Å². The molecule has 5 nitrogen and oxygen atoms in total. The van der Waals surface area contributed by atoms with Crippen LogP contribution in [0.15, 0.2) is 18.3 Å².